The molecule has 1 amide bonds. The van der Waals surface area contributed by atoms with Crippen molar-refractivity contribution in [2.45, 2.75) is 44.9 Å². The van der Waals surface area contributed by atoms with Gasteiger partial charge in [0.15, 0.2) is 0 Å². The first-order chi connectivity index (χ1) is 8.69. The van der Waals surface area contributed by atoms with Gasteiger partial charge < -0.3 is 10.1 Å². The van der Waals surface area contributed by atoms with Gasteiger partial charge in [-0.25, -0.2) is 0 Å². The number of rotatable bonds is 6. The third-order valence-corrected chi connectivity index (χ3v) is 4.44. The van der Waals surface area contributed by atoms with E-state index < -0.39 is 0 Å². The number of carbonyl (C=O) groups is 2. The highest BCUT2D eigenvalue weighted by Crippen LogP contribution is 2.49. The Morgan fingerprint density at radius 3 is 2.72 bits per heavy atom. The Morgan fingerprint density at radius 2 is 2.11 bits per heavy atom. The summed E-state index contributed by atoms with van der Waals surface area (Å²) in [4.78, 5) is 22.6. The third kappa shape index (κ3) is 3.47. The summed E-state index contributed by atoms with van der Waals surface area (Å²) in [6, 6.07) is 0. The zero-order valence-corrected chi connectivity index (χ0v) is 11.1. The van der Waals surface area contributed by atoms with Gasteiger partial charge in [0.2, 0.25) is 5.91 Å². The predicted octanol–water partition coefficient (Wildman–Crippen LogP) is 1.88. The van der Waals surface area contributed by atoms with Gasteiger partial charge in [-0.2, -0.15) is 0 Å². The van der Waals surface area contributed by atoms with Gasteiger partial charge in [0.05, 0.1) is 7.11 Å². The second kappa shape index (κ2) is 6.21. The Morgan fingerprint density at radius 1 is 1.28 bits per heavy atom. The highest BCUT2D eigenvalue weighted by atomic mass is 16.5. The lowest BCUT2D eigenvalue weighted by molar-refractivity contribution is -0.140. The van der Waals surface area contributed by atoms with Crippen molar-refractivity contribution in [2.24, 2.45) is 17.8 Å². The van der Waals surface area contributed by atoms with E-state index in [2.05, 4.69) is 10.1 Å². The summed E-state index contributed by atoms with van der Waals surface area (Å²) in [5, 5.41) is 2.90. The number of hydrogen-bond donors (Lipinski definition) is 1. The first-order valence-electron chi connectivity index (χ1n) is 7.02. The summed E-state index contributed by atoms with van der Waals surface area (Å²) < 4.78 is 4.55. The van der Waals surface area contributed by atoms with E-state index >= 15 is 0 Å². The zero-order chi connectivity index (χ0) is 13.0. The van der Waals surface area contributed by atoms with Crippen LogP contribution in [0.25, 0.3) is 0 Å². The molecule has 0 aromatic heterocycles. The molecule has 3 unspecified atom stereocenters. The summed E-state index contributed by atoms with van der Waals surface area (Å²) in [5.74, 6) is 2.25. The molecule has 2 rings (SSSR count). The summed E-state index contributed by atoms with van der Waals surface area (Å²) in [6.45, 7) is 0.578. The maximum absolute atomic E-state index is 11.8. The molecule has 2 saturated carbocycles. The zero-order valence-electron chi connectivity index (χ0n) is 11.1. The number of methoxy groups -OCH3 is 1. The minimum atomic E-state index is -0.211. The lowest BCUT2D eigenvalue weighted by atomic mass is 9.86. The van der Waals surface area contributed by atoms with E-state index in [9.17, 15) is 9.59 Å². The van der Waals surface area contributed by atoms with Gasteiger partial charge in [-0.15, -0.1) is 0 Å². The number of carbonyl (C=O) groups excluding carboxylic acids is 2. The van der Waals surface area contributed by atoms with Gasteiger partial charge >= 0.3 is 5.97 Å². The van der Waals surface area contributed by atoms with Crippen LogP contribution in [0, 0.1) is 17.8 Å². The second-order valence-corrected chi connectivity index (χ2v) is 5.67. The predicted molar refractivity (Wildman–Crippen MR) is 67.8 cm³/mol. The summed E-state index contributed by atoms with van der Waals surface area (Å²) in [5.41, 5.74) is 0. The maximum Gasteiger partial charge on any atom is 0.305 e. The van der Waals surface area contributed by atoms with Crippen LogP contribution in [-0.2, 0) is 14.3 Å². The summed E-state index contributed by atoms with van der Waals surface area (Å²) >= 11 is 0. The van der Waals surface area contributed by atoms with E-state index in [-0.39, 0.29) is 11.9 Å². The average molecular weight is 253 g/mol. The quantitative estimate of drug-likeness (QED) is 0.581. The molecule has 2 bridgehead atoms. The van der Waals surface area contributed by atoms with Gasteiger partial charge in [-0.3, -0.25) is 9.59 Å². The van der Waals surface area contributed by atoms with Crippen LogP contribution in [0.1, 0.15) is 44.9 Å². The summed E-state index contributed by atoms with van der Waals surface area (Å²) in [7, 11) is 1.38. The number of nitrogens with one attached hydrogen (secondary N) is 1. The van der Waals surface area contributed by atoms with Gasteiger partial charge in [0.1, 0.15) is 0 Å². The average Bonchev–Trinajstić information content (AvgIpc) is 2.96. The van der Waals surface area contributed by atoms with Crippen LogP contribution in [0.15, 0.2) is 0 Å². The van der Waals surface area contributed by atoms with E-state index in [0.717, 1.165) is 11.8 Å². The largest absolute Gasteiger partial charge is 0.469 e. The molecule has 0 aromatic rings. The lowest BCUT2D eigenvalue weighted by Gasteiger charge is -2.20. The van der Waals surface area contributed by atoms with Crippen molar-refractivity contribution in [2.75, 3.05) is 13.7 Å². The highest BCUT2D eigenvalue weighted by Gasteiger charge is 2.39. The monoisotopic (exact) mass is 253 g/mol. The van der Waals surface area contributed by atoms with Crippen molar-refractivity contribution in [3.8, 4) is 0 Å². The lowest BCUT2D eigenvalue weighted by Crippen LogP contribution is -2.28. The van der Waals surface area contributed by atoms with Crippen LogP contribution < -0.4 is 5.32 Å². The number of fused-ring (bicyclic) bond motifs is 2. The summed E-state index contributed by atoms with van der Waals surface area (Å²) in [6.07, 6.45) is 7.02. The molecule has 4 heteroatoms. The molecule has 2 aliphatic carbocycles. The molecule has 2 fully saturated rings. The Bertz CT molecular complexity index is 316. The van der Waals surface area contributed by atoms with Crippen molar-refractivity contribution in [3.63, 3.8) is 0 Å². The fourth-order valence-electron chi connectivity index (χ4n) is 3.50. The molecule has 4 nitrogen and oxygen atoms in total. The molecule has 18 heavy (non-hydrogen) atoms. The van der Waals surface area contributed by atoms with Crippen molar-refractivity contribution in [1.82, 2.24) is 5.32 Å². The van der Waals surface area contributed by atoms with Gasteiger partial charge in [0.25, 0.3) is 0 Å². The second-order valence-electron chi connectivity index (χ2n) is 5.67. The van der Waals surface area contributed by atoms with E-state index in [1.54, 1.807) is 0 Å². The Labute approximate surface area is 108 Å². The molecule has 0 saturated heterocycles. The fourth-order valence-corrected chi connectivity index (χ4v) is 3.50. The van der Waals surface area contributed by atoms with Crippen LogP contribution >= 0.6 is 0 Å². The molecule has 2 aliphatic rings. The standard InChI is InChI=1S/C14H23NO3/c1-18-14(17)3-2-6-15-13(16)9-12-8-10-4-5-11(12)7-10/h10-12H,2-9H2,1H3,(H,15,16). The molecule has 0 radical (unpaired) electrons. The highest BCUT2D eigenvalue weighted by molar-refractivity contribution is 5.76. The molecule has 0 aliphatic heterocycles. The molecule has 3 atom stereocenters. The molecule has 0 heterocycles. The SMILES string of the molecule is COC(=O)CCCNC(=O)CC1CC2CCC1C2. The number of amides is 1. The first-order valence-corrected chi connectivity index (χ1v) is 7.02. The molecule has 1 N–H and O–H groups in total. The van der Waals surface area contributed by atoms with Crippen molar-refractivity contribution in [1.29, 1.82) is 0 Å². The van der Waals surface area contributed by atoms with Crippen LogP contribution in [0.4, 0.5) is 0 Å². The van der Waals surface area contributed by atoms with Crippen LogP contribution in [-0.4, -0.2) is 25.5 Å². The number of ether oxygens (including phenoxy) is 1. The smallest absolute Gasteiger partial charge is 0.305 e. The molecule has 0 aromatic carbocycles. The molecule has 0 spiro atoms. The van der Waals surface area contributed by atoms with Gasteiger partial charge in [0, 0.05) is 19.4 Å². The van der Waals surface area contributed by atoms with Crippen LogP contribution in [0.2, 0.25) is 0 Å². The van der Waals surface area contributed by atoms with Crippen LogP contribution in [0.3, 0.4) is 0 Å². The Kier molecular flexibility index (Phi) is 4.61. The van der Waals surface area contributed by atoms with Crippen molar-refractivity contribution in [3.05, 3.63) is 0 Å². The topological polar surface area (TPSA) is 55.4 Å². The fraction of sp³-hybridized carbons (Fsp3) is 0.857. The van der Waals surface area contributed by atoms with E-state index in [1.165, 1.54) is 32.8 Å². The molecular formula is C14H23NO3. The first kappa shape index (κ1) is 13.4. The van der Waals surface area contributed by atoms with Crippen molar-refractivity contribution < 1.29 is 14.3 Å². The third-order valence-electron chi connectivity index (χ3n) is 4.44. The van der Waals surface area contributed by atoms with Crippen molar-refractivity contribution >= 4 is 11.9 Å². The molecular weight excluding hydrogens is 230 g/mol. The van der Waals surface area contributed by atoms with E-state index in [1.807, 2.05) is 0 Å². The van der Waals surface area contributed by atoms with Gasteiger partial charge in [-0.1, -0.05) is 6.42 Å². The van der Waals surface area contributed by atoms with E-state index in [0.29, 0.717) is 31.7 Å². The van der Waals surface area contributed by atoms with E-state index in [4.69, 9.17) is 0 Å². The number of hydrogen-bond acceptors (Lipinski definition) is 3. The number of esters is 1. The maximum atomic E-state index is 11.8. The minimum Gasteiger partial charge on any atom is -0.469 e. The normalized spacial score (nSPS) is 29.3. The van der Waals surface area contributed by atoms with Gasteiger partial charge in [-0.05, 0) is 43.4 Å². The molecule has 102 valence electrons. The minimum absolute atomic E-state index is 0.150. The Hall–Kier alpha value is -1.06. The van der Waals surface area contributed by atoms with Crippen LogP contribution in [0.5, 0.6) is 0 Å². The Balaban J connectivity index is 1.57.